The average molecular weight is 455 g/mol. The van der Waals surface area contributed by atoms with E-state index in [1.807, 2.05) is 39.0 Å². The number of hydrogen-bond acceptors (Lipinski definition) is 7. The van der Waals surface area contributed by atoms with Crippen LogP contribution in [-0.2, 0) is 21.5 Å². The predicted molar refractivity (Wildman–Crippen MR) is 124 cm³/mol. The Labute approximate surface area is 193 Å². The summed E-state index contributed by atoms with van der Waals surface area (Å²) in [6.45, 7) is 12.2. The van der Waals surface area contributed by atoms with E-state index in [9.17, 15) is 14.9 Å². The first-order valence-corrected chi connectivity index (χ1v) is 11.7. The zero-order valence-corrected chi connectivity index (χ0v) is 20.4. The molecule has 2 aromatic rings. The molecular weight excluding hydrogens is 424 g/mol. The summed E-state index contributed by atoms with van der Waals surface area (Å²) in [6.07, 6.45) is 2.60. The van der Waals surface area contributed by atoms with Crippen molar-refractivity contribution in [3.05, 3.63) is 39.9 Å². The largest absolute Gasteiger partial charge is 0.460 e. The second kappa shape index (κ2) is 9.07. The van der Waals surface area contributed by atoms with Gasteiger partial charge >= 0.3 is 5.97 Å². The first kappa shape index (κ1) is 24.0. The fourth-order valence-corrected chi connectivity index (χ4v) is 4.61. The number of pyridine rings is 1. The first-order valence-electron chi connectivity index (χ1n) is 10.8. The number of ether oxygens (including phenoxy) is 1. The molecule has 1 aliphatic heterocycles. The van der Waals surface area contributed by atoms with Gasteiger partial charge in [-0.25, -0.2) is 4.98 Å². The third-order valence-electron chi connectivity index (χ3n) is 5.12. The standard InChI is InChI=1S/C24H30N4O3S/c1-23(2,3)18-9-8-16(12-26-18)20-17(11-25)21(30)28-13-15(14-32-22(28)27-20)7-10-19(29)31-24(4,5)6/h8-9,12,15H,7,10,13-14H2,1-6H3. The van der Waals surface area contributed by atoms with Crippen molar-refractivity contribution in [3.63, 3.8) is 0 Å². The smallest absolute Gasteiger partial charge is 0.306 e. The van der Waals surface area contributed by atoms with E-state index in [4.69, 9.17) is 4.74 Å². The zero-order valence-electron chi connectivity index (χ0n) is 19.6. The summed E-state index contributed by atoms with van der Waals surface area (Å²) in [6, 6.07) is 5.82. The number of thioether (sulfide) groups is 1. The third-order valence-corrected chi connectivity index (χ3v) is 6.32. The lowest BCUT2D eigenvalue weighted by atomic mass is 9.91. The van der Waals surface area contributed by atoms with E-state index in [0.29, 0.717) is 35.8 Å². The minimum absolute atomic E-state index is 0.0208. The van der Waals surface area contributed by atoms with E-state index >= 15 is 0 Å². The normalized spacial score (nSPS) is 16.2. The highest BCUT2D eigenvalue weighted by molar-refractivity contribution is 7.99. The van der Waals surface area contributed by atoms with Crippen molar-refractivity contribution in [1.82, 2.24) is 14.5 Å². The summed E-state index contributed by atoms with van der Waals surface area (Å²) in [5.41, 5.74) is 1.03. The lowest BCUT2D eigenvalue weighted by Gasteiger charge is -2.26. The zero-order chi connectivity index (χ0) is 23.7. The van der Waals surface area contributed by atoms with Crippen LogP contribution in [0.4, 0.5) is 0 Å². The van der Waals surface area contributed by atoms with Crippen LogP contribution in [0.15, 0.2) is 28.3 Å². The van der Waals surface area contributed by atoms with Crippen LogP contribution in [0.25, 0.3) is 11.3 Å². The number of esters is 1. The minimum Gasteiger partial charge on any atom is -0.460 e. The summed E-state index contributed by atoms with van der Waals surface area (Å²) < 4.78 is 6.94. The molecule has 2 aromatic heterocycles. The Kier molecular flexibility index (Phi) is 6.80. The van der Waals surface area contributed by atoms with Gasteiger partial charge in [0.2, 0.25) is 0 Å². The maximum Gasteiger partial charge on any atom is 0.306 e. The summed E-state index contributed by atoms with van der Waals surface area (Å²) >= 11 is 1.48. The van der Waals surface area contributed by atoms with Crippen molar-refractivity contribution in [3.8, 4) is 17.3 Å². The fourth-order valence-electron chi connectivity index (χ4n) is 3.49. The molecule has 1 atom stereocenters. The molecule has 0 radical (unpaired) electrons. The minimum atomic E-state index is -0.510. The van der Waals surface area contributed by atoms with E-state index < -0.39 is 5.60 Å². The van der Waals surface area contributed by atoms with Crippen molar-refractivity contribution >= 4 is 17.7 Å². The van der Waals surface area contributed by atoms with Gasteiger partial charge in [-0.15, -0.1) is 0 Å². The Bertz CT molecular complexity index is 1100. The molecule has 32 heavy (non-hydrogen) atoms. The number of carbonyl (C=O) groups excluding carboxylic acids is 1. The van der Waals surface area contributed by atoms with Crippen LogP contribution in [0.2, 0.25) is 0 Å². The van der Waals surface area contributed by atoms with Gasteiger partial charge < -0.3 is 4.74 Å². The van der Waals surface area contributed by atoms with Gasteiger partial charge in [0.1, 0.15) is 17.2 Å². The van der Waals surface area contributed by atoms with E-state index in [0.717, 1.165) is 11.4 Å². The van der Waals surface area contributed by atoms with Crippen LogP contribution in [0.5, 0.6) is 0 Å². The second-order valence-corrected chi connectivity index (χ2v) is 11.1. The highest BCUT2D eigenvalue weighted by Crippen LogP contribution is 2.31. The number of hydrogen-bond donors (Lipinski definition) is 0. The van der Waals surface area contributed by atoms with Gasteiger partial charge in [-0.3, -0.25) is 19.1 Å². The molecule has 0 N–H and O–H groups in total. The van der Waals surface area contributed by atoms with Crippen LogP contribution in [0.3, 0.4) is 0 Å². The van der Waals surface area contributed by atoms with Crippen LogP contribution in [-0.4, -0.2) is 31.9 Å². The molecule has 0 spiro atoms. The van der Waals surface area contributed by atoms with Crippen molar-refractivity contribution in [1.29, 1.82) is 5.26 Å². The molecule has 170 valence electrons. The molecule has 8 heteroatoms. The molecule has 0 aromatic carbocycles. The van der Waals surface area contributed by atoms with Gasteiger partial charge in [0.25, 0.3) is 5.56 Å². The van der Waals surface area contributed by atoms with E-state index in [2.05, 4.69) is 30.7 Å². The topological polar surface area (TPSA) is 97.9 Å². The summed E-state index contributed by atoms with van der Waals surface area (Å²) in [5.74, 6) is 0.643. The molecule has 0 bridgehead atoms. The molecule has 1 aliphatic rings. The quantitative estimate of drug-likeness (QED) is 0.501. The SMILES string of the molecule is CC(C)(C)OC(=O)CCC1CSc2nc(-c3ccc(C(C)(C)C)nc3)c(C#N)c(=O)n2C1. The maximum atomic E-state index is 13.1. The Morgan fingerprint density at radius 2 is 2.00 bits per heavy atom. The Morgan fingerprint density at radius 3 is 2.56 bits per heavy atom. The van der Waals surface area contributed by atoms with Crippen molar-refractivity contribution in [2.45, 2.75) is 77.1 Å². The number of nitrogens with zero attached hydrogens (tertiary/aromatic N) is 4. The molecule has 3 rings (SSSR count). The van der Waals surface area contributed by atoms with Crippen LogP contribution < -0.4 is 5.56 Å². The number of aromatic nitrogens is 3. The van der Waals surface area contributed by atoms with Gasteiger partial charge in [0, 0.05) is 41.6 Å². The number of rotatable bonds is 4. The molecular formula is C24H30N4O3S. The molecule has 0 saturated heterocycles. The van der Waals surface area contributed by atoms with E-state index in [-0.39, 0.29) is 28.4 Å². The molecule has 7 nitrogen and oxygen atoms in total. The van der Waals surface area contributed by atoms with E-state index in [1.165, 1.54) is 11.8 Å². The summed E-state index contributed by atoms with van der Waals surface area (Å²) in [7, 11) is 0. The van der Waals surface area contributed by atoms with Crippen LogP contribution in [0.1, 0.15) is 65.6 Å². The average Bonchev–Trinajstić information content (AvgIpc) is 2.70. The molecule has 0 aliphatic carbocycles. The number of nitriles is 1. The molecule has 0 amide bonds. The van der Waals surface area contributed by atoms with Gasteiger partial charge in [0.05, 0.1) is 5.69 Å². The Balaban J connectivity index is 1.83. The Hall–Kier alpha value is -2.66. The number of carbonyl (C=O) groups is 1. The van der Waals surface area contributed by atoms with Gasteiger partial charge in [0.15, 0.2) is 5.16 Å². The third kappa shape index (κ3) is 5.57. The van der Waals surface area contributed by atoms with E-state index in [1.54, 1.807) is 10.8 Å². The fraction of sp³-hybridized carbons (Fsp3) is 0.542. The van der Waals surface area contributed by atoms with Gasteiger partial charge in [-0.05, 0) is 45.2 Å². The van der Waals surface area contributed by atoms with Crippen molar-refractivity contribution < 1.29 is 9.53 Å². The second-order valence-electron chi connectivity index (χ2n) is 10.1. The Morgan fingerprint density at radius 1 is 1.28 bits per heavy atom. The highest BCUT2D eigenvalue weighted by Gasteiger charge is 2.27. The highest BCUT2D eigenvalue weighted by atomic mass is 32.2. The molecule has 0 saturated carbocycles. The van der Waals surface area contributed by atoms with Crippen LogP contribution >= 0.6 is 11.8 Å². The van der Waals surface area contributed by atoms with Gasteiger partial charge in [-0.1, -0.05) is 32.5 Å². The van der Waals surface area contributed by atoms with Gasteiger partial charge in [-0.2, -0.15) is 5.26 Å². The predicted octanol–water partition coefficient (Wildman–Crippen LogP) is 4.32. The lowest BCUT2D eigenvalue weighted by Crippen LogP contribution is -2.33. The number of fused-ring (bicyclic) bond motifs is 1. The lowest BCUT2D eigenvalue weighted by molar-refractivity contribution is -0.155. The molecule has 0 fully saturated rings. The monoisotopic (exact) mass is 454 g/mol. The maximum absolute atomic E-state index is 13.1. The van der Waals surface area contributed by atoms with Crippen molar-refractivity contribution in [2.75, 3.05) is 5.75 Å². The summed E-state index contributed by atoms with van der Waals surface area (Å²) in [4.78, 5) is 34.3. The molecule has 1 unspecified atom stereocenters. The first-order chi connectivity index (χ1) is 14.9. The summed E-state index contributed by atoms with van der Waals surface area (Å²) in [5, 5.41) is 10.3. The molecule has 3 heterocycles. The van der Waals surface area contributed by atoms with Crippen LogP contribution in [0, 0.1) is 17.2 Å². The van der Waals surface area contributed by atoms with Crippen molar-refractivity contribution in [2.24, 2.45) is 5.92 Å².